The van der Waals surface area contributed by atoms with Crippen molar-refractivity contribution in [1.82, 2.24) is 10.6 Å². The van der Waals surface area contributed by atoms with Gasteiger partial charge in [-0.2, -0.15) is 13.2 Å². The highest BCUT2D eigenvalue weighted by Crippen LogP contribution is 2.32. The average Bonchev–Trinajstić information content (AvgIpc) is 2.71. The normalized spacial score (nSPS) is 12.5. The van der Waals surface area contributed by atoms with Gasteiger partial charge in [-0.05, 0) is 42.2 Å². The van der Waals surface area contributed by atoms with Crippen LogP contribution in [0.3, 0.4) is 0 Å². The van der Waals surface area contributed by atoms with Crippen molar-refractivity contribution >= 4 is 11.9 Å². The number of carbonyl (C=O) groups is 2. The van der Waals surface area contributed by atoms with Gasteiger partial charge in [0.15, 0.2) is 0 Å². The lowest BCUT2D eigenvalue weighted by Crippen LogP contribution is -2.38. The summed E-state index contributed by atoms with van der Waals surface area (Å²) in [6.07, 6.45) is -4.93. The fourth-order valence-electron chi connectivity index (χ4n) is 2.81. The second-order valence-electron chi connectivity index (χ2n) is 7.67. The molecule has 2 aromatic carbocycles. The largest absolute Gasteiger partial charge is 0.458 e. The summed E-state index contributed by atoms with van der Waals surface area (Å²) in [6, 6.07) is 11.2. The summed E-state index contributed by atoms with van der Waals surface area (Å²) in [7, 11) is 0. The zero-order chi connectivity index (χ0) is 23.0. The maximum Gasteiger partial charge on any atom is 0.416 e. The van der Waals surface area contributed by atoms with Crippen LogP contribution in [0.15, 0.2) is 48.5 Å². The third-order valence-corrected chi connectivity index (χ3v) is 4.40. The molecule has 0 heterocycles. The predicted molar refractivity (Wildman–Crippen MR) is 112 cm³/mol. The van der Waals surface area contributed by atoms with Crippen molar-refractivity contribution in [3.05, 3.63) is 59.7 Å². The molecule has 0 saturated carbocycles. The van der Waals surface area contributed by atoms with E-state index in [1.807, 2.05) is 13.8 Å². The molecule has 1 atom stereocenters. The van der Waals surface area contributed by atoms with Crippen LogP contribution in [0.2, 0.25) is 0 Å². The third kappa shape index (κ3) is 7.71. The van der Waals surface area contributed by atoms with Crippen LogP contribution in [0.5, 0.6) is 0 Å². The molecule has 0 fully saturated rings. The zero-order valence-corrected chi connectivity index (χ0v) is 17.8. The van der Waals surface area contributed by atoms with Crippen molar-refractivity contribution in [2.75, 3.05) is 19.6 Å². The SMILES string of the molecule is CC(C)CNC(=O)CNCC(C)OC(=O)c1ccccc1-c1ccc(C(F)(F)F)cc1. The van der Waals surface area contributed by atoms with Crippen LogP contribution in [-0.4, -0.2) is 37.6 Å². The van der Waals surface area contributed by atoms with Crippen LogP contribution < -0.4 is 10.6 Å². The molecular weight excluding hydrogens is 409 g/mol. The molecule has 8 heteroatoms. The lowest BCUT2D eigenvalue weighted by atomic mass is 9.98. The Bertz CT molecular complexity index is 880. The van der Waals surface area contributed by atoms with Gasteiger partial charge in [-0.15, -0.1) is 0 Å². The first-order chi connectivity index (χ1) is 14.6. The van der Waals surface area contributed by atoms with Crippen molar-refractivity contribution in [3.8, 4) is 11.1 Å². The molecule has 0 aliphatic rings. The lowest BCUT2D eigenvalue weighted by Gasteiger charge is -2.16. The van der Waals surface area contributed by atoms with Crippen molar-refractivity contribution in [3.63, 3.8) is 0 Å². The van der Waals surface area contributed by atoms with Gasteiger partial charge in [0.1, 0.15) is 6.10 Å². The summed E-state index contributed by atoms with van der Waals surface area (Å²) in [5.41, 5.74) is 0.458. The van der Waals surface area contributed by atoms with Gasteiger partial charge >= 0.3 is 12.1 Å². The molecule has 168 valence electrons. The second-order valence-corrected chi connectivity index (χ2v) is 7.67. The molecule has 2 aromatic rings. The Kier molecular flexibility index (Phi) is 8.62. The minimum Gasteiger partial charge on any atom is -0.458 e. The van der Waals surface area contributed by atoms with E-state index < -0.39 is 23.8 Å². The first-order valence-electron chi connectivity index (χ1n) is 10.0. The van der Waals surface area contributed by atoms with E-state index >= 15 is 0 Å². The Morgan fingerprint density at radius 1 is 0.968 bits per heavy atom. The van der Waals surface area contributed by atoms with Gasteiger partial charge in [-0.25, -0.2) is 4.79 Å². The molecule has 2 N–H and O–H groups in total. The van der Waals surface area contributed by atoms with Gasteiger partial charge in [0.2, 0.25) is 5.91 Å². The molecular formula is C23H27F3N2O3. The average molecular weight is 436 g/mol. The molecule has 5 nitrogen and oxygen atoms in total. The van der Waals surface area contributed by atoms with Crippen LogP contribution >= 0.6 is 0 Å². The number of hydrogen-bond acceptors (Lipinski definition) is 4. The van der Waals surface area contributed by atoms with Crippen LogP contribution in [0.4, 0.5) is 13.2 Å². The quantitative estimate of drug-likeness (QED) is 0.576. The van der Waals surface area contributed by atoms with E-state index in [-0.39, 0.29) is 24.6 Å². The third-order valence-electron chi connectivity index (χ3n) is 4.40. The van der Waals surface area contributed by atoms with E-state index in [0.29, 0.717) is 23.6 Å². The molecule has 0 aliphatic heterocycles. The van der Waals surface area contributed by atoms with Crippen molar-refractivity contribution < 1.29 is 27.5 Å². The Labute approximate surface area is 180 Å². The molecule has 0 aliphatic carbocycles. The van der Waals surface area contributed by atoms with Gasteiger partial charge < -0.3 is 15.4 Å². The Balaban J connectivity index is 1.98. The summed E-state index contributed by atoms with van der Waals surface area (Å²) in [5.74, 6) is -0.373. The predicted octanol–water partition coefficient (Wildman–Crippen LogP) is 4.28. The smallest absolute Gasteiger partial charge is 0.416 e. The standard InChI is InChI=1S/C23H27F3N2O3/c1-15(2)12-28-21(29)14-27-13-16(3)31-22(30)20-7-5-4-6-19(20)17-8-10-18(11-9-17)23(24,25)26/h4-11,15-16,27H,12-14H2,1-3H3,(H,28,29). The number of alkyl halides is 3. The Hall–Kier alpha value is -2.87. The summed E-state index contributed by atoms with van der Waals surface area (Å²) in [5, 5.41) is 5.72. The topological polar surface area (TPSA) is 67.4 Å². The number of carbonyl (C=O) groups excluding carboxylic acids is 2. The summed E-state index contributed by atoms with van der Waals surface area (Å²) in [6.45, 7) is 6.67. The van der Waals surface area contributed by atoms with E-state index in [4.69, 9.17) is 4.74 Å². The molecule has 0 bridgehead atoms. The summed E-state index contributed by atoms with van der Waals surface area (Å²) >= 11 is 0. The van der Waals surface area contributed by atoms with E-state index in [0.717, 1.165) is 12.1 Å². The molecule has 31 heavy (non-hydrogen) atoms. The number of esters is 1. The Morgan fingerprint density at radius 3 is 2.23 bits per heavy atom. The number of amides is 1. The zero-order valence-electron chi connectivity index (χ0n) is 17.8. The highest BCUT2D eigenvalue weighted by atomic mass is 19.4. The van der Waals surface area contributed by atoms with Crippen molar-refractivity contribution in [2.45, 2.75) is 33.1 Å². The van der Waals surface area contributed by atoms with Gasteiger partial charge in [0.25, 0.3) is 0 Å². The Morgan fingerprint density at radius 2 is 1.61 bits per heavy atom. The van der Waals surface area contributed by atoms with E-state index in [9.17, 15) is 22.8 Å². The van der Waals surface area contributed by atoms with Gasteiger partial charge in [0, 0.05) is 13.1 Å². The molecule has 0 radical (unpaired) electrons. The van der Waals surface area contributed by atoms with Crippen molar-refractivity contribution in [2.24, 2.45) is 5.92 Å². The molecule has 2 rings (SSSR count). The molecule has 1 amide bonds. The minimum atomic E-state index is -4.43. The maximum absolute atomic E-state index is 12.8. The fraction of sp³-hybridized carbons (Fsp3) is 0.391. The van der Waals surface area contributed by atoms with Crippen LogP contribution in [0, 0.1) is 5.92 Å². The summed E-state index contributed by atoms with van der Waals surface area (Å²) < 4.78 is 43.8. The van der Waals surface area contributed by atoms with Crippen LogP contribution in [0.25, 0.3) is 11.1 Å². The van der Waals surface area contributed by atoms with Crippen LogP contribution in [-0.2, 0) is 15.7 Å². The van der Waals surface area contributed by atoms with E-state index in [2.05, 4.69) is 10.6 Å². The fourth-order valence-corrected chi connectivity index (χ4v) is 2.81. The molecule has 0 aromatic heterocycles. The summed E-state index contributed by atoms with van der Waals surface area (Å²) in [4.78, 5) is 24.3. The molecule has 0 saturated heterocycles. The second kappa shape index (κ2) is 10.9. The first kappa shape index (κ1) is 24.4. The maximum atomic E-state index is 12.8. The highest BCUT2D eigenvalue weighted by Gasteiger charge is 2.30. The van der Waals surface area contributed by atoms with E-state index in [1.165, 1.54) is 12.1 Å². The van der Waals surface area contributed by atoms with Gasteiger partial charge in [-0.1, -0.05) is 44.2 Å². The number of hydrogen-bond donors (Lipinski definition) is 2. The van der Waals surface area contributed by atoms with Crippen molar-refractivity contribution in [1.29, 1.82) is 0 Å². The molecule has 1 unspecified atom stereocenters. The van der Waals surface area contributed by atoms with Gasteiger partial charge in [0.05, 0.1) is 17.7 Å². The highest BCUT2D eigenvalue weighted by molar-refractivity contribution is 5.97. The first-order valence-corrected chi connectivity index (χ1v) is 10.0. The number of rotatable bonds is 9. The lowest BCUT2D eigenvalue weighted by molar-refractivity contribution is -0.137. The number of benzene rings is 2. The number of nitrogens with one attached hydrogen (secondary N) is 2. The van der Waals surface area contributed by atoms with E-state index in [1.54, 1.807) is 31.2 Å². The monoisotopic (exact) mass is 436 g/mol. The van der Waals surface area contributed by atoms with Crippen LogP contribution in [0.1, 0.15) is 36.7 Å². The molecule has 0 spiro atoms. The van der Waals surface area contributed by atoms with Gasteiger partial charge in [-0.3, -0.25) is 4.79 Å². The number of ether oxygens (including phenoxy) is 1. The minimum absolute atomic E-state index is 0.108. The number of halogens is 3.